The van der Waals surface area contributed by atoms with E-state index in [1.54, 1.807) is 0 Å². The number of hydrogen-bond acceptors (Lipinski definition) is 3. The molecule has 0 spiro atoms. The first-order chi connectivity index (χ1) is 8.79. The van der Waals surface area contributed by atoms with E-state index in [1.807, 2.05) is 12.1 Å². The van der Waals surface area contributed by atoms with Crippen molar-refractivity contribution in [1.82, 2.24) is 4.90 Å². The molecule has 2 rings (SSSR count). The Morgan fingerprint density at radius 2 is 2.06 bits per heavy atom. The summed E-state index contributed by atoms with van der Waals surface area (Å²) in [5.41, 5.74) is 1.31. The number of ether oxygens (including phenoxy) is 2. The van der Waals surface area contributed by atoms with Gasteiger partial charge in [0, 0.05) is 6.54 Å². The van der Waals surface area contributed by atoms with Gasteiger partial charge in [0.15, 0.2) is 11.5 Å². The number of rotatable bonds is 6. The molecule has 1 aromatic rings. The van der Waals surface area contributed by atoms with Gasteiger partial charge in [0.1, 0.15) is 13.2 Å². The van der Waals surface area contributed by atoms with Gasteiger partial charge in [-0.1, -0.05) is 12.1 Å². The molecule has 18 heavy (non-hydrogen) atoms. The quantitative estimate of drug-likeness (QED) is 0.721. The lowest BCUT2D eigenvalue weighted by Gasteiger charge is -2.19. The molecule has 3 heteroatoms. The second-order valence-electron chi connectivity index (χ2n) is 4.63. The van der Waals surface area contributed by atoms with Crippen LogP contribution in [0.4, 0.5) is 0 Å². The lowest BCUT2D eigenvalue weighted by Crippen LogP contribution is -2.19. The highest BCUT2D eigenvalue weighted by Crippen LogP contribution is 2.30. The minimum atomic E-state index is 0.651. The SMILES string of the molecule is C=CCN(C)CCCc1ccc2c(c1)OCCO2. The summed E-state index contributed by atoms with van der Waals surface area (Å²) in [4.78, 5) is 2.27. The molecule has 0 atom stereocenters. The van der Waals surface area contributed by atoms with Crippen molar-refractivity contribution < 1.29 is 9.47 Å². The molecule has 0 amide bonds. The standard InChI is InChI=1S/C15H21NO2/c1-3-8-16(2)9-4-5-13-6-7-14-15(12-13)18-11-10-17-14/h3,6-7,12H,1,4-5,8-11H2,2H3. The minimum Gasteiger partial charge on any atom is -0.486 e. The topological polar surface area (TPSA) is 21.7 Å². The lowest BCUT2D eigenvalue weighted by atomic mass is 10.1. The third-order valence-corrected chi connectivity index (χ3v) is 3.05. The molecule has 0 bridgehead atoms. The van der Waals surface area contributed by atoms with E-state index in [-0.39, 0.29) is 0 Å². The van der Waals surface area contributed by atoms with Crippen LogP contribution >= 0.6 is 0 Å². The van der Waals surface area contributed by atoms with E-state index in [0.717, 1.165) is 37.4 Å². The van der Waals surface area contributed by atoms with E-state index in [4.69, 9.17) is 9.47 Å². The molecule has 1 aliphatic rings. The molecule has 0 N–H and O–H groups in total. The number of benzene rings is 1. The van der Waals surface area contributed by atoms with E-state index in [2.05, 4.69) is 30.7 Å². The summed E-state index contributed by atoms with van der Waals surface area (Å²) < 4.78 is 11.1. The molecule has 0 saturated heterocycles. The Morgan fingerprint density at radius 3 is 2.83 bits per heavy atom. The molecule has 1 aliphatic heterocycles. The Kier molecular flexibility index (Phi) is 4.65. The molecule has 3 nitrogen and oxygen atoms in total. The first-order valence-corrected chi connectivity index (χ1v) is 6.47. The normalized spacial score (nSPS) is 13.7. The van der Waals surface area contributed by atoms with Crippen molar-refractivity contribution in [1.29, 1.82) is 0 Å². The summed E-state index contributed by atoms with van der Waals surface area (Å²) in [5.74, 6) is 1.76. The zero-order valence-electron chi connectivity index (χ0n) is 11.0. The fourth-order valence-corrected chi connectivity index (χ4v) is 2.11. The lowest BCUT2D eigenvalue weighted by molar-refractivity contribution is 0.171. The van der Waals surface area contributed by atoms with Crippen molar-refractivity contribution in [3.8, 4) is 11.5 Å². The number of hydrogen-bond donors (Lipinski definition) is 0. The molecule has 1 aromatic carbocycles. The van der Waals surface area contributed by atoms with Gasteiger partial charge in [-0.2, -0.15) is 0 Å². The summed E-state index contributed by atoms with van der Waals surface area (Å²) >= 11 is 0. The summed E-state index contributed by atoms with van der Waals surface area (Å²) in [6, 6.07) is 6.24. The molecule has 1 heterocycles. The van der Waals surface area contributed by atoms with Crippen LogP contribution < -0.4 is 9.47 Å². The number of nitrogens with zero attached hydrogens (tertiary/aromatic N) is 1. The van der Waals surface area contributed by atoms with Crippen molar-refractivity contribution in [3.63, 3.8) is 0 Å². The molecule has 0 radical (unpaired) electrons. The van der Waals surface area contributed by atoms with Crippen molar-refractivity contribution >= 4 is 0 Å². The molecular formula is C15H21NO2. The zero-order chi connectivity index (χ0) is 12.8. The van der Waals surface area contributed by atoms with Gasteiger partial charge in [-0.3, -0.25) is 0 Å². The first kappa shape index (κ1) is 13.0. The summed E-state index contributed by atoms with van der Waals surface area (Å²) in [6.45, 7) is 7.08. The third-order valence-electron chi connectivity index (χ3n) is 3.05. The average molecular weight is 247 g/mol. The molecule has 0 fully saturated rings. The number of aryl methyl sites for hydroxylation is 1. The largest absolute Gasteiger partial charge is 0.486 e. The van der Waals surface area contributed by atoms with Gasteiger partial charge in [0.05, 0.1) is 0 Å². The van der Waals surface area contributed by atoms with Gasteiger partial charge in [0.2, 0.25) is 0 Å². The highest BCUT2D eigenvalue weighted by atomic mass is 16.6. The smallest absolute Gasteiger partial charge is 0.161 e. The Labute approximate surface area is 109 Å². The summed E-state index contributed by atoms with van der Waals surface area (Å²) in [5, 5.41) is 0. The van der Waals surface area contributed by atoms with Gasteiger partial charge in [-0.05, 0) is 44.1 Å². The third kappa shape index (κ3) is 3.50. The van der Waals surface area contributed by atoms with Gasteiger partial charge < -0.3 is 14.4 Å². The van der Waals surface area contributed by atoms with Crippen LogP contribution in [0.15, 0.2) is 30.9 Å². The van der Waals surface area contributed by atoms with E-state index in [0.29, 0.717) is 13.2 Å². The Bertz CT molecular complexity index is 403. The van der Waals surface area contributed by atoms with Gasteiger partial charge >= 0.3 is 0 Å². The maximum Gasteiger partial charge on any atom is 0.161 e. The Balaban J connectivity index is 1.84. The van der Waals surface area contributed by atoms with Crippen LogP contribution in [0.5, 0.6) is 11.5 Å². The molecule has 98 valence electrons. The van der Waals surface area contributed by atoms with Gasteiger partial charge in [0.25, 0.3) is 0 Å². The maximum atomic E-state index is 5.58. The van der Waals surface area contributed by atoms with Crippen LogP contribution in [-0.4, -0.2) is 38.3 Å². The van der Waals surface area contributed by atoms with Crippen molar-refractivity contribution in [2.45, 2.75) is 12.8 Å². The summed E-state index contributed by atoms with van der Waals surface area (Å²) in [7, 11) is 2.12. The fraction of sp³-hybridized carbons (Fsp3) is 0.467. The molecular weight excluding hydrogens is 226 g/mol. The highest BCUT2D eigenvalue weighted by molar-refractivity contribution is 5.43. The van der Waals surface area contributed by atoms with Gasteiger partial charge in [-0.25, -0.2) is 0 Å². The van der Waals surface area contributed by atoms with Crippen LogP contribution in [0.1, 0.15) is 12.0 Å². The Hall–Kier alpha value is -1.48. The Morgan fingerprint density at radius 1 is 1.28 bits per heavy atom. The maximum absolute atomic E-state index is 5.58. The van der Waals surface area contributed by atoms with E-state index < -0.39 is 0 Å². The van der Waals surface area contributed by atoms with Crippen molar-refractivity contribution in [3.05, 3.63) is 36.4 Å². The van der Waals surface area contributed by atoms with Crippen LogP contribution in [0.25, 0.3) is 0 Å². The number of fused-ring (bicyclic) bond motifs is 1. The predicted octanol–water partition coefficient (Wildman–Crippen LogP) is 2.51. The second-order valence-corrected chi connectivity index (χ2v) is 4.63. The molecule has 0 aliphatic carbocycles. The molecule has 0 saturated carbocycles. The average Bonchev–Trinajstić information content (AvgIpc) is 2.39. The predicted molar refractivity (Wildman–Crippen MR) is 73.4 cm³/mol. The van der Waals surface area contributed by atoms with Crippen molar-refractivity contribution in [2.24, 2.45) is 0 Å². The van der Waals surface area contributed by atoms with Crippen LogP contribution in [0.3, 0.4) is 0 Å². The minimum absolute atomic E-state index is 0.651. The number of likely N-dealkylation sites (N-methyl/N-ethyl adjacent to an activating group) is 1. The van der Waals surface area contributed by atoms with Crippen LogP contribution in [0.2, 0.25) is 0 Å². The summed E-state index contributed by atoms with van der Waals surface area (Å²) in [6.07, 6.45) is 4.15. The zero-order valence-corrected chi connectivity index (χ0v) is 11.0. The molecule has 0 aromatic heterocycles. The monoisotopic (exact) mass is 247 g/mol. The molecule has 0 unspecified atom stereocenters. The van der Waals surface area contributed by atoms with Gasteiger partial charge in [-0.15, -0.1) is 6.58 Å². The van der Waals surface area contributed by atoms with Crippen LogP contribution in [0, 0.1) is 0 Å². The van der Waals surface area contributed by atoms with Crippen LogP contribution in [-0.2, 0) is 6.42 Å². The van der Waals surface area contributed by atoms with E-state index in [1.165, 1.54) is 5.56 Å². The first-order valence-electron chi connectivity index (χ1n) is 6.47. The fourth-order valence-electron chi connectivity index (χ4n) is 2.11. The second kappa shape index (κ2) is 6.45. The van der Waals surface area contributed by atoms with E-state index in [9.17, 15) is 0 Å². The van der Waals surface area contributed by atoms with Crippen molar-refractivity contribution in [2.75, 3.05) is 33.4 Å². The highest BCUT2D eigenvalue weighted by Gasteiger charge is 2.11. The van der Waals surface area contributed by atoms with E-state index >= 15 is 0 Å².